The van der Waals surface area contributed by atoms with Crippen molar-refractivity contribution in [3.8, 4) is 0 Å². The number of nitrogens with zero attached hydrogens (tertiary/aromatic N) is 1. The van der Waals surface area contributed by atoms with E-state index in [1.165, 1.54) is 24.1 Å². The maximum Gasteiger partial charge on any atom is 0.418 e. The molecule has 1 unspecified atom stereocenters. The molecule has 1 saturated heterocycles. The van der Waals surface area contributed by atoms with Gasteiger partial charge in [0.1, 0.15) is 0 Å². The molecular formula is C17H19F3N2O3. The van der Waals surface area contributed by atoms with Crippen molar-refractivity contribution in [3.63, 3.8) is 0 Å². The van der Waals surface area contributed by atoms with E-state index in [4.69, 9.17) is 4.74 Å². The Kier molecular flexibility index (Phi) is 3.79. The van der Waals surface area contributed by atoms with Gasteiger partial charge in [0, 0.05) is 18.1 Å². The monoisotopic (exact) mass is 356 g/mol. The van der Waals surface area contributed by atoms with Crippen molar-refractivity contribution >= 4 is 17.0 Å². The number of alkyl halides is 3. The number of hydrogen-bond donors (Lipinski definition) is 2. The van der Waals surface area contributed by atoms with Gasteiger partial charge in [-0.2, -0.15) is 13.2 Å². The molecule has 1 atom stereocenters. The minimum Gasteiger partial charge on any atom is -0.438 e. The van der Waals surface area contributed by atoms with Crippen LogP contribution in [-0.4, -0.2) is 39.0 Å². The van der Waals surface area contributed by atoms with Crippen LogP contribution in [0.25, 0.3) is 10.9 Å². The first kappa shape index (κ1) is 17.6. The maximum atomic E-state index is 13.1. The van der Waals surface area contributed by atoms with Crippen molar-refractivity contribution in [1.82, 2.24) is 9.88 Å². The molecule has 0 bridgehead atoms. The molecular weight excluding hydrogens is 337 g/mol. The molecule has 1 fully saturated rings. The van der Waals surface area contributed by atoms with Gasteiger partial charge in [0.2, 0.25) is 0 Å². The third-order valence-electron chi connectivity index (χ3n) is 4.94. The lowest BCUT2D eigenvalue weighted by Crippen LogP contribution is -2.54. The minimum atomic E-state index is -4.45. The van der Waals surface area contributed by atoms with Crippen LogP contribution in [0.3, 0.4) is 0 Å². The van der Waals surface area contributed by atoms with Gasteiger partial charge in [0.15, 0.2) is 11.3 Å². The van der Waals surface area contributed by atoms with E-state index < -0.39 is 29.2 Å². The molecule has 1 aromatic carbocycles. The molecule has 1 aromatic heterocycles. The number of aromatic nitrogens is 1. The molecule has 1 aliphatic heterocycles. The van der Waals surface area contributed by atoms with Crippen molar-refractivity contribution in [2.24, 2.45) is 0 Å². The summed E-state index contributed by atoms with van der Waals surface area (Å²) in [5, 5.41) is 11.0. The third-order valence-corrected chi connectivity index (χ3v) is 4.94. The number of para-hydroxylation sites is 1. The smallest absolute Gasteiger partial charge is 0.418 e. The van der Waals surface area contributed by atoms with E-state index in [2.05, 4.69) is 4.98 Å². The Morgan fingerprint density at radius 3 is 2.52 bits per heavy atom. The number of rotatable bonds is 3. The summed E-state index contributed by atoms with van der Waals surface area (Å²) in [7, 11) is 0. The largest absolute Gasteiger partial charge is 0.438 e. The van der Waals surface area contributed by atoms with Gasteiger partial charge in [-0.05, 0) is 38.8 Å². The number of ether oxygens (including phenoxy) is 1. The van der Waals surface area contributed by atoms with Crippen LogP contribution < -0.4 is 0 Å². The topological polar surface area (TPSA) is 65.6 Å². The number of carbonyl (C=O) groups excluding carboxylic acids is 1. The number of carbonyl (C=O) groups is 1. The van der Waals surface area contributed by atoms with Crippen LogP contribution in [0.4, 0.5) is 18.0 Å². The molecule has 8 heteroatoms. The van der Waals surface area contributed by atoms with Crippen LogP contribution in [-0.2, 0) is 17.3 Å². The first-order chi connectivity index (χ1) is 11.4. The number of nitrogens with one attached hydrogen (secondary N) is 1. The van der Waals surface area contributed by atoms with Gasteiger partial charge in [-0.1, -0.05) is 12.1 Å². The normalized spacial score (nSPS) is 23.3. The molecule has 136 valence electrons. The summed E-state index contributed by atoms with van der Waals surface area (Å²) in [6.07, 6.45) is -3.32. The van der Waals surface area contributed by atoms with Crippen LogP contribution >= 0.6 is 0 Å². The fraction of sp³-hybridized carbons (Fsp3) is 0.471. The van der Waals surface area contributed by atoms with E-state index in [9.17, 15) is 23.1 Å². The number of halogens is 3. The third kappa shape index (κ3) is 2.74. The summed E-state index contributed by atoms with van der Waals surface area (Å²) in [6.45, 7) is 4.81. The average molecular weight is 356 g/mol. The molecule has 5 nitrogen and oxygen atoms in total. The summed E-state index contributed by atoms with van der Waals surface area (Å²) < 4.78 is 44.4. The highest BCUT2D eigenvalue weighted by Gasteiger charge is 2.56. The van der Waals surface area contributed by atoms with Gasteiger partial charge >= 0.3 is 12.3 Å². The molecule has 3 rings (SSSR count). The van der Waals surface area contributed by atoms with E-state index in [0.29, 0.717) is 10.9 Å². The van der Waals surface area contributed by atoms with Gasteiger partial charge in [-0.25, -0.2) is 4.79 Å². The number of fused-ring (bicyclic) bond motifs is 1. The molecule has 2 aromatic rings. The molecule has 0 aliphatic carbocycles. The van der Waals surface area contributed by atoms with Crippen LogP contribution in [0, 0.1) is 0 Å². The Hall–Kier alpha value is -2.22. The summed E-state index contributed by atoms with van der Waals surface area (Å²) >= 11 is 0. The number of aliphatic hydroxyl groups is 1. The highest BCUT2D eigenvalue weighted by Crippen LogP contribution is 2.38. The Balaban J connectivity index is 1.87. The maximum absolute atomic E-state index is 13.1. The predicted molar refractivity (Wildman–Crippen MR) is 84.9 cm³/mol. The Bertz CT molecular complexity index is 824. The van der Waals surface area contributed by atoms with Crippen molar-refractivity contribution in [3.05, 3.63) is 35.5 Å². The molecule has 0 radical (unpaired) electrons. The first-order valence-electron chi connectivity index (χ1n) is 7.84. The summed E-state index contributed by atoms with van der Waals surface area (Å²) in [6, 6.07) is 3.97. The molecule has 1 amide bonds. The standard InChI is InChI=1S/C17H19F3N2O3/c1-15(2)16(3,24)22(14(23)25-15)8-7-10-9-21-13-11(10)5-4-6-12(13)17(18,19)20/h4-6,9,21,24H,7-8H2,1-3H3. The Morgan fingerprint density at radius 2 is 1.96 bits per heavy atom. The lowest BCUT2D eigenvalue weighted by atomic mass is 9.95. The van der Waals surface area contributed by atoms with E-state index in [0.717, 1.165) is 6.07 Å². The lowest BCUT2D eigenvalue weighted by Gasteiger charge is -2.34. The van der Waals surface area contributed by atoms with Gasteiger partial charge < -0.3 is 14.8 Å². The zero-order chi connectivity index (χ0) is 18.6. The second-order valence-electron chi connectivity index (χ2n) is 6.84. The highest BCUT2D eigenvalue weighted by atomic mass is 19.4. The van der Waals surface area contributed by atoms with Gasteiger partial charge in [0.05, 0.1) is 11.1 Å². The molecule has 2 N–H and O–H groups in total. The molecule has 0 spiro atoms. The first-order valence-corrected chi connectivity index (χ1v) is 7.84. The number of benzene rings is 1. The van der Waals surface area contributed by atoms with Crippen LogP contribution in [0.15, 0.2) is 24.4 Å². The van der Waals surface area contributed by atoms with Crippen LogP contribution in [0.2, 0.25) is 0 Å². The van der Waals surface area contributed by atoms with Gasteiger partial charge in [-0.3, -0.25) is 4.90 Å². The number of cyclic esters (lactones) is 1. The predicted octanol–water partition coefficient (Wildman–Crippen LogP) is 3.67. The Morgan fingerprint density at radius 1 is 1.28 bits per heavy atom. The molecule has 1 aliphatic rings. The molecule has 2 heterocycles. The lowest BCUT2D eigenvalue weighted by molar-refractivity contribution is -0.136. The van der Waals surface area contributed by atoms with E-state index in [1.54, 1.807) is 19.9 Å². The second-order valence-corrected chi connectivity index (χ2v) is 6.84. The van der Waals surface area contributed by atoms with E-state index >= 15 is 0 Å². The van der Waals surface area contributed by atoms with E-state index in [1.807, 2.05) is 0 Å². The second kappa shape index (κ2) is 5.39. The fourth-order valence-corrected chi connectivity index (χ4v) is 3.07. The zero-order valence-electron chi connectivity index (χ0n) is 14.1. The summed E-state index contributed by atoms with van der Waals surface area (Å²) in [4.78, 5) is 15.9. The van der Waals surface area contributed by atoms with Gasteiger partial charge in [-0.15, -0.1) is 0 Å². The van der Waals surface area contributed by atoms with Crippen molar-refractivity contribution in [2.75, 3.05) is 6.54 Å². The van der Waals surface area contributed by atoms with Crippen LogP contribution in [0.1, 0.15) is 31.9 Å². The minimum absolute atomic E-state index is 0.0149. The number of hydrogen-bond acceptors (Lipinski definition) is 3. The Labute approximate surface area is 142 Å². The highest BCUT2D eigenvalue weighted by molar-refractivity contribution is 5.86. The number of H-pyrrole nitrogens is 1. The van der Waals surface area contributed by atoms with Gasteiger partial charge in [0.25, 0.3) is 0 Å². The summed E-state index contributed by atoms with van der Waals surface area (Å²) in [5.41, 5.74) is -2.67. The molecule has 25 heavy (non-hydrogen) atoms. The fourth-order valence-electron chi connectivity index (χ4n) is 3.07. The molecule has 0 saturated carbocycles. The number of aromatic amines is 1. The van der Waals surface area contributed by atoms with Crippen molar-refractivity contribution in [1.29, 1.82) is 0 Å². The quantitative estimate of drug-likeness (QED) is 0.882. The van der Waals surface area contributed by atoms with Crippen molar-refractivity contribution < 1.29 is 27.8 Å². The van der Waals surface area contributed by atoms with Crippen LogP contribution in [0.5, 0.6) is 0 Å². The van der Waals surface area contributed by atoms with Crippen molar-refractivity contribution in [2.45, 2.75) is 44.7 Å². The SMILES string of the molecule is CC1(C)OC(=O)N(CCc2c[nH]c3c(C(F)(F)F)cccc23)C1(C)O. The number of amides is 1. The zero-order valence-corrected chi connectivity index (χ0v) is 14.1. The van der Waals surface area contributed by atoms with E-state index in [-0.39, 0.29) is 18.5 Å². The average Bonchev–Trinajstić information content (AvgIpc) is 2.94. The summed E-state index contributed by atoms with van der Waals surface area (Å²) in [5.74, 6) is 0.